The lowest BCUT2D eigenvalue weighted by atomic mass is 10.1. The maximum absolute atomic E-state index is 9.73. The Hall–Kier alpha value is -2.79. The second-order valence-corrected chi connectivity index (χ2v) is 5.36. The molecule has 0 bridgehead atoms. The topological polar surface area (TPSA) is 75.2 Å². The van der Waals surface area contributed by atoms with Gasteiger partial charge in [0.1, 0.15) is 22.8 Å². The maximum Gasteiger partial charge on any atom is 0.137 e. The van der Waals surface area contributed by atoms with Crippen LogP contribution >= 0.6 is 0 Å². The van der Waals surface area contributed by atoms with Crippen molar-refractivity contribution in [1.29, 1.82) is 0 Å². The second kappa shape index (κ2) is 7.19. The zero-order valence-electron chi connectivity index (χ0n) is 13.4. The highest BCUT2D eigenvalue weighted by Crippen LogP contribution is 2.25. The summed E-state index contributed by atoms with van der Waals surface area (Å²) in [5.41, 5.74) is 1.55. The molecule has 5 nitrogen and oxygen atoms in total. The van der Waals surface area contributed by atoms with E-state index in [4.69, 9.17) is 14.3 Å². The smallest absolute Gasteiger partial charge is 0.137 e. The van der Waals surface area contributed by atoms with E-state index in [1.165, 1.54) is 0 Å². The number of fused-ring (bicyclic) bond motifs is 1. The van der Waals surface area contributed by atoms with Gasteiger partial charge in [0.2, 0.25) is 0 Å². The predicted octanol–water partition coefficient (Wildman–Crippen LogP) is 3.10. The van der Waals surface area contributed by atoms with Crippen molar-refractivity contribution in [2.24, 2.45) is 4.99 Å². The van der Waals surface area contributed by atoms with Gasteiger partial charge in [-0.1, -0.05) is 0 Å². The summed E-state index contributed by atoms with van der Waals surface area (Å²) in [5.74, 6) is 1.62. The van der Waals surface area contributed by atoms with Crippen LogP contribution in [-0.2, 0) is 0 Å². The summed E-state index contributed by atoms with van der Waals surface area (Å²) in [7, 11) is 1.63. The first-order chi connectivity index (χ1) is 11.7. The molecule has 1 aromatic heterocycles. The number of rotatable bonds is 5. The lowest BCUT2D eigenvalue weighted by Gasteiger charge is -2.06. The molecule has 0 saturated heterocycles. The second-order valence-electron chi connectivity index (χ2n) is 5.36. The molecule has 0 aliphatic carbocycles. The highest BCUT2D eigenvalue weighted by Gasteiger charge is 2.07. The highest BCUT2D eigenvalue weighted by atomic mass is 16.5. The van der Waals surface area contributed by atoms with Crippen LogP contribution in [0.15, 0.2) is 57.9 Å². The number of phenols is 1. The first-order valence-corrected chi connectivity index (χ1v) is 7.74. The van der Waals surface area contributed by atoms with Gasteiger partial charge in [0.25, 0.3) is 0 Å². The minimum absolute atomic E-state index is 0.0925. The van der Waals surface area contributed by atoms with Gasteiger partial charge < -0.3 is 19.4 Å². The minimum Gasteiger partial charge on any atom is -0.508 e. The number of benzene rings is 2. The van der Waals surface area contributed by atoms with E-state index in [1.807, 2.05) is 30.3 Å². The Kier molecular flexibility index (Phi) is 4.82. The van der Waals surface area contributed by atoms with E-state index in [9.17, 15) is 5.11 Å². The van der Waals surface area contributed by atoms with Crippen molar-refractivity contribution < 1.29 is 19.4 Å². The molecular weight excluding hydrogens is 306 g/mol. The number of phenolic OH excluding ortho intramolecular Hbond substituents is 1. The van der Waals surface area contributed by atoms with Crippen LogP contribution in [0.1, 0.15) is 6.42 Å². The van der Waals surface area contributed by atoms with Gasteiger partial charge in [-0.3, -0.25) is 4.99 Å². The molecule has 0 atom stereocenters. The number of nitrogens with zero attached hydrogens (tertiary/aromatic N) is 1. The normalized spacial score (nSPS) is 11.8. The first-order valence-electron chi connectivity index (χ1n) is 7.74. The average Bonchev–Trinajstić information content (AvgIpc) is 2.62. The third kappa shape index (κ3) is 3.41. The van der Waals surface area contributed by atoms with Gasteiger partial charge in [-0.2, -0.15) is 0 Å². The molecule has 0 aliphatic rings. The van der Waals surface area contributed by atoms with Gasteiger partial charge >= 0.3 is 0 Å². The van der Waals surface area contributed by atoms with Crippen LogP contribution in [0.4, 0.5) is 0 Å². The largest absolute Gasteiger partial charge is 0.508 e. The number of ether oxygens (including phenoxy) is 1. The Morgan fingerprint density at radius 2 is 1.88 bits per heavy atom. The molecule has 0 spiro atoms. The SMILES string of the molecule is COc1ccc(-c2cc(=NCCCO)c3cc(O)ccc3o2)cc1. The molecule has 3 rings (SSSR count). The van der Waals surface area contributed by atoms with Crippen LogP contribution in [-0.4, -0.2) is 30.5 Å². The van der Waals surface area contributed by atoms with Crippen molar-refractivity contribution >= 4 is 11.0 Å². The number of aliphatic hydroxyl groups excluding tert-OH is 1. The molecule has 24 heavy (non-hydrogen) atoms. The zero-order chi connectivity index (χ0) is 16.9. The summed E-state index contributed by atoms with van der Waals surface area (Å²) in [6, 6.07) is 14.4. The van der Waals surface area contributed by atoms with Crippen molar-refractivity contribution in [3.63, 3.8) is 0 Å². The molecule has 0 fully saturated rings. The van der Waals surface area contributed by atoms with Crippen LogP contribution < -0.4 is 10.1 Å². The molecule has 0 saturated carbocycles. The molecular formula is C19H19NO4. The molecule has 0 amide bonds. The molecule has 0 unspecified atom stereocenters. The van der Waals surface area contributed by atoms with Crippen molar-refractivity contribution in [3.05, 3.63) is 53.9 Å². The molecule has 5 heteroatoms. The molecule has 1 heterocycles. The highest BCUT2D eigenvalue weighted by molar-refractivity contribution is 5.80. The zero-order valence-corrected chi connectivity index (χ0v) is 13.4. The third-order valence-corrected chi connectivity index (χ3v) is 3.70. The number of methoxy groups -OCH3 is 1. The van der Waals surface area contributed by atoms with E-state index in [-0.39, 0.29) is 12.4 Å². The van der Waals surface area contributed by atoms with Crippen LogP contribution in [0.2, 0.25) is 0 Å². The fourth-order valence-electron chi connectivity index (χ4n) is 2.46. The number of hydrogen-bond donors (Lipinski definition) is 2. The molecule has 0 aliphatic heterocycles. The first kappa shape index (κ1) is 16.1. The summed E-state index contributed by atoms with van der Waals surface area (Å²) in [6.45, 7) is 0.600. The lowest BCUT2D eigenvalue weighted by Crippen LogP contribution is -2.05. The van der Waals surface area contributed by atoms with Crippen molar-refractivity contribution in [3.8, 4) is 22.8 Å². The summed E-state index contributed by atoms with van der Waals surface area (Å²) in [6.07, 6.45) is 0.588. The Balaban J connectivity index is 2.14. The van der Waals surface area contributed by atoms with E-state index in [1.54, 1.807) is 25.3 Å². The predicted molar refractivity (Wildman–Crippen MR) is 92.0 cm³/mol. The Morgan fingerprint density at radius 1 is 1.08 bits per heavy atom. The molecule has 0 radical (unpaired) electrons. The molecule has 3 aromatic rings. The van der Waals surface area contributed by atoms with E-state index in [0.717, 1.165) is 22.1 Å². The van der Waals surface area contributed by atoms with Gasteiger partial charge in [0.15, 0.2) is 0 Å². The van der Waals surface area contributed by atoms with Crippen molar-refractivity contribution in [2.75, 3.05) is 20.3 Å². The standard InChI is InChI=1S/C19H19NO4/c1-23-15-6-3-13(4-7-15)19-12-17(20-9-2-10-21)16-11-14(22)5-8-18(16)24-19/h3-8,11-12,21-22H,2,9-10H2,1H3. The van der Waals surface area contributed by atoms with Gasteiger partial charge in [0.05, 0.1) is 12.5 Å². The summed E-state index contributed by atoms with van der Waals surface area (Å²) >= 11 is 0. The fraction of sp³-hybridized carbons (Fsp3) is 0.211. The average molecular weight is 325 g/mol. The minimum atomic E-state index is 0.0925. The Morgan fingerprint density at radius 3 is 2.58 bits per heavy atom. The number of aliphatic hydroxyl groups is 1. The van der Waals surface area contributed by atoms with Gasteiger partial charge in [0, 0.05) is 30.2 Å². The monoisotopic (exact) mass is 325 g/mol. The third-order valence-electron chi connectivity index (χ3n) is 3.70. The van der Waals surface area contributed by atoms with Crippen LogP contribution in [0.3, 0.4) is 0 Å². The van der Waals surface area contributed by atoms with Crippen molar-refractivity contribution in [1.82, 2.24) is 0 Å². The molecule has 2 N–H and O–H groups in total. The summed E-state index contributed by atoms with van der Waals surface area (Å²) < 4.78 is 11.1. The van der Waals surface area contributed by atoms with Crippen LogP contribution in [0, 0.1) is 0 Å². The number of hydrogen-bond acceptors (Lipinski definition) is 5. The number of aromatic hydroxyl groups is 1. The van der Waals surface area contributed by atoms with Gasteiger partial charge in [-0.15, -0.1) is 0 Å². The van der Waals surface area contributed by atoms with E-state index in [0.29, 0.717) is 24.3 Å². The Bertz CT molecular complexity index is 897. The lowest BCUT2D eigenvalue weighted by molar-refractivity contribution is 0.291. The summed E-state index contributed by atoms with van der Waals surface area (Å²) in [5, 5.41) is 20.2. The van der Waals surface area contributed by atoms with Gasteiger partial charge in [-0.05, 0) is 48.9 Å². The van der Waals surface area contributed by atoms with E-state index in [2.05, 4.69) is 4.99 Å². The quantitative estimate of drug-likeness (QED) is 0.707. The maximum atomic E-state index is 9.73. The van der Waals surface area contributed by atoms with Crippen LogP contribution in [0.5, 0.6) is 11.5 Å². The fourth-order valence-corrected chi connectivity index (χ4v) is 2.46. The van der Waals surface area contributed by atoms with Crippen LogP contribution in [0.25, 0.3) is 22.3 Å². The molecule has 2 aromatic carbocycles. The van der Waals surface area contributed by atoms with Crippen molar-refractivity contribution in [2.45, 2.75) is 6.42 Å². The Labute approximate surface area is 139 Å². The van der Waals surface area contributed by atoms with E-state index < -0.39 is 0 Å². The summed E-state index contributed by atoms with van der Waals surface area (Å²) in [4.78, 5) is 4.53. The molecule has 124 valence electrons. The van der Waals surface area contributed by atoms with E-state index >= 15 is 0 Å². The van der Waals surface area contributed by atoms with Gasteiger partial charge in [-0.25, -0.2) is 0 Å².